The van der Waals surface area contributed by atoms with Crippen LogP contribution in [0.3, 0.4) is 0 Å². The zero-order chi connectivity index (χ0) is 30.1. The zero-order valence-corrected chi connectivity index (χ0v) is 27.4. The average Bonchev–Trinajstić information content (AvgIpc) is 2.88. The molecule has 0 aliphatic carbocycles. The Balaban J connectivity index is 4.50. The summed E-state index contributed by atoms with van der Waals surface area (Å²) in [6, 6.07) is -0.795. The summed E-state index contributed by atoms with van der Waals surface area (Å²) in [6.45, 7) is 4.58. The molecular weight excluding hydrogens is 527 g/mol. The van der Waals surface area contributed by atoms with Gasteiger partial charge in [-0.1, -0.05) is 96.6 Å². The van der Waals surface area contributed by atoms with Gasteiger partial charge < -0.3 is 28.8 Å². The van der Waals surface area contributed by atoms with Crippen LogP contribution < -0.4 is 10.2 Å². The summed E-state index contributed by atoms with van der Waals surface area (Å²) in [5, 5.41) is 13.6. The topological polar surface area (TPSA) is 108 Å². The first-order valence-corrected chi connectivity index (χ1v) is 17.5. The molecule has 0 heterocycles. The Morgan fingerprint density at radius 1 is 0.850 bits per heavy atom. The number of quaternary nitrogens is 1. The van der Waals surface area contributed by atoms with E-state index in [-0.39, 0.29) is 19.1 Å². The van der Waals surface area contributed by atoms with Gasteiger partial charge in [-0.2, -0.15) is 0 Å². The summed E-state index contributed by atoms with van der Waals surface area (Å²) >= 11 is 0. The van der Waals surface area contributed by atoms with Gasteiger partial charge in [-0.05, 0) is 38.5 Å². The monoisotopic (exact) mass is 590 g/mol. The number of allylic oxidation sites excluding steroid dienone is 2. The molecule has 0 aliphatic rings. The number of rotatable bonds is 28. The smallest absolute Gasteiger partial charge is 0.268 e. The maximum absolute atomic E-state index is 12.6. The molecule has 0 bridgehead atoms. The minimum Gasteiger partial charge on any atom is -0.756 e. The third-order valence-electron chi connectivity index (χ3n) is 7.00. The molecule has 238 valence electrons. The molecule has 0 aliphatic heterocycles. The lowest BCUT2D eigenvalue weighted by molar-refractivity contribution is -0.870. The van der Waals surface area contributed by atoms with Crippen LogP contribution in [0.15, 0.2) is 12.2 Å². The maximum Gasteiger partial charge on any atom is 0.268 e. The Morgan fingerprint density at radius 3 is 2.00 bits per heavy atom. The first-order chi connectivity index (χ1) is 19.0. The number of aliphatic hydroxyl groups excluding tert-OH is 1. The highest BCUT2D eigenvalue weighted by Crippen LogP contribution is 2.38. The van der Waals surface area contributed by atoms with E-state index in [1.807, 2.05) is 21.1 Å². The van der Waals surface area contributed by atoms with Crippen molar-refractivity contribution in [3.05, 3.63) is 12.2 Å². The lowest BCUT2D eigenvalue weighted by Crippen LogP contribution is -2.46. The van der Waals surface area contributed by atoms with Gasteiger partial charge in [0.1, 0.15) is 13.2 Å². The molecule has 0 spiro atoms. The van der Waals surface area contributed by atoms with Gasteiger partial charge in [0.25, 0.3) is 7.82 Å². The quantitative estimate of drug-likeness (QED) is 0.0457. The number of unbranched alkanes of at least 4 members (excludes halogenated alkanes) is 13. The molecule has 0 radical (unpaired) electrons. The average molecular weight is 591 g/mol. The fourth-order valence-corrected chi connectivity index (χ4v) is 5.05. The molecule has 40 heavy (non-hydrogen) atoms. The highest BCUT2D eigenvalue weighted by Gasteiger charge is 2.24. The number of hydrogen-bond acceptors (Lipinski definition) is 6. The predicted molar refractivity (Wildman–Crippen MR) is 164 cm³/mol. The summed E-state index contributed by atoms with van der Waals surface area (Å²) in [7, 11) is 1.29. The lowest BCUT2D eigenvalue weighted by atomic mass is 10.0. The van der Waals surface area contributed by atoms with Crippen molar-refractivity contribution < 1.29 is 32.9 Å². The van der Waals surface area contributed by atoms with Crippen molar-refractivity contribution in [2.45, 2.75) is 142 Å². The zero-order valence-electron chi connectivity index (χ0n) is 26.5. The van der Waals surface area contributed by atoms with Gasteiger partial charge in [-0.3, -0.25) is 9.36 Å². The first-order valence-electron chi connectivity index (χ1n) is 16.0. The van der Waals surface area contributed by atoms with Crippen LogP contribution in [0, 0.1) is 0 Å². The van der Waals surface area contributed by atoms with Gasteiger partial charge in [0.05, 0.1) is 39.9 Å². The third-order valence-corrected chi connectivity index (χ3v) is 7.97. The van der Waals surface area contributed by atoms with Crippen LogP contribution in [-0.2, 0) is 18.4 Å². The van der Waals surface area contributed by atoms with Crippen molar-refractivity contribution in [2.75, 3.05) is 40.9 Å². The van der Waals surface area contributed by atoms with E-state index in [2.05, 4.69) is 31.3 Å². The molecule has 0 rings (SSSR count). The molecule has 2 N–H and O–H groups in total. The standard InChI is InChI=1S/C31H63N2O6P/c1-6-8-10-12-14-15-16-17-18-19-21-23-25-31(35)32-29(30(34)24-22-20-13-11-9-7-2)28-39-40(36,37)38-27-26-33(3,4)5/h14-15,29-30,34H,6-13,16-28H2,1-5H3,(H-,32,35,36,37)/b15-14-. The van der Waals surface area contributed by atoms with E-state index in [9.17, 15) is 19.4 Å². The summed E-state index contributed by atoms with van der Waals surface area (Å²) in [4.78, 5) is 24.9. The number of nitrogens with one attached hydrogen (secondary N) is 1. The van der Waals surface area contributed by atoms with Crippen LogP contribution in [0.2, 0.25) is 0 Å². The predicted octanol–water partition coefficient (Wildman–Crippen LogP) is 6.66. The van der Waals surface area contributed by atoms with Crippen LogP contribution in [0.4, 0.5) is 0 Å². The van der Waals surface area contributed by atoms with E-state index < -0.39 is 20.0 Å². The molecule has 0 saturated heterocycles. The van der Waals surface area contributed by atoms with Crippen LogP contribution in [0.5, 0.6) is 0 Å². The number of carbonyl (C=O) groups excluding carboxylic acids is 1. The highest BCUT2D eigenvalue weighted by molar-refractivity contribution is 7.45. The van der Waals surface area contributed by atoms with E-state index in [0.29, 0.717) is 23.9 Å². The minimum atomic E-state index is -4.54. The summed E-state index contributed by atoms with van der Waals surface area (Å²) in [6.07, 6.45) is 22.3. The molecule has 0 aromatic carbocycles. The fraction of sp³-hybridized carbons (Fsp3) is 0.903. The van der Waals surface area contributed by atoms with Gasteiger partial charge in [-0.15, -0.1) is 0 Å². The Hall–Kier alpha value is -0.760. The van der Waals surface area contributed by atoms with Crippen LogP contribution >= 0.6 is 7.82 Å². The summed E-state index contributed by atoms with van der Waals surface area (Å²) in [5.41, 5.74) is 0. The molecule has 0 saturated carbocycles. The van der Waals surface area contributed by atoms with Gasteiger partial charge in [0, 0.05) is 6.42 Å². The second kappa shape index (κ2) is 24.8. The van der Waals surface area contributed by atoms with E-state index in [4.69, 9.17) is 9.05 Å². The van der Waals surface area contributed by atoms with Gasteiger partial charge in [0.15, 0.2) is 0 Å². The van der Waals surface area contributed by atoms with Crippen molar-refractivity contribution in [3.63, 3.8) is 0 Å². The number of likely N-dealkylation sites (N-methyl/N-ethyl adjacent to an activating group) is 1. The molecule has 3 unspecified atom stereocenters. The van der Waals surface area contributed by atoms with E-state index >= 15 is 0 Å². The first kappa shape index (κ1) is 39.2. The number of hydrogen-bond donors (Lipinski definition) is 2. The molecule has 3 atom stereocenters. The lowest BCUT2D eigenvalue weighted by Gasteiger charge is -2.30. The number of phosphoric ester groups is 1. The van der Waals surface area contributed by atoms with E-state index in [1.54, 1.807) is 0 Å². The van der Waals surface area contributed by atoms with Crippen LogP contribution in [0.1, 0.15) is 129 Å². The summed E-state index contributed by atoms with van der Waals surface area (Å²) < 4.78 is 22.9. The second-order valence-electron chi connectivity index (χ2n) is 12.2. The Labute approximate surface area is 246 Å². The van der Waals surface area contributed by atoms with Crippen LogP contribution in [0.25, 0.3) is 0 Å². The van der Waals surface area contributed by atoms with Crippen molar-refractivity contribution >= 4 is 13.7 Å². The molecule has 0 aromatic heterocycles. The fourth-order valence-electron chi connectivity index (χ4n) is 4.32. The van der Waals surface area contributed by atoms with E-state index in [1.165, 1.54) is 51.4 Å². The second-order valence-corrected chi connectivity index (χ2v) is 13.6. The Bertz CT molecular complexity index is 683. The molecule has 0 aromatic rings. The molecule has 1 amide bonds. The van der Waals surface area contributed by atoms with Gasteiger partial charge >= 0.3 is 0 Å². The summed E-state index contributed by atoms with van der Waals surface area (Å²) in [5.74, 6) is -0.183. The largest absolute Gasteiger partial charge is 0.756 e. The normalized spacial score (nSPS) is 15.3. The maximum atomic E-state index is 12.6. The molecule has 9 heteroatoms. The van der Waals surface area contributed by atoms with Gasteiger partial charge in [0.2, 0.25) is 5.91 Å². The number of aliphatic hydroxyl groups is 1. The number of nitrogens with zero attached hydrogens (tertiary/aromatic N) is 1. The van der Waals surface area contributed by atoms with Crippen molar-refractivity contribution in [2.24, 2.45) is 0 Å². The van der Waals surface area contributed by atoms with E-state index in [0.717, 1.165) is 51.4 Å². The Morgan fingerprint density at radius 2 is 1.38 bits per heavy atom. The highest BCUT2D eigenvalue weighted by atomic mass is 31.2. The van der Waals surface area contributed by atoms with Crippen LogP contribution in [-0.4, -0.2) is 68.5 Å². The molecule has 0 fully saturated rings. The van der Waals surface area contributed by atoms with Crippen molar-refractivity contribution in [3.8, 4) is 0 Å². The Kier molecular flexibility index (Phi) is 24.3. The van der Waals surface area contributed by atoms with Crippen molar-refractivity contribution in [1.29, 1.82) is 0 Å². The number of carbonyl (C=O) groups is 1. The van der Waals surface area contributed by atoms with Gasteiger partial charge in [-0.25, -0.2) is 0 Å². The SMILES string of the molecule is CCCCC/C=C\CCCCCCCC(=O)NC(COP(=O)([O-])OCC[N+](C)(C)C)C(O)CCCCCCCC. The molecular formula is C31H63N2O6P. The number of amides is 1. The third kappa shape index (κ3) is 26.2. The van der Waals surface area contributed by atoms with Crippen molar-refractivity contribution in [1.82, 2.24) is 5.32 Å². The molecule has 8 nitrogen and oxygen atoms in total. The minimum absolute atomic E-state index is 0.0108. The number of phosphoric acid groups is 1.